The molecule has 0 aliphatic carbocycles. The number of ketones is 1. The van der Waals surface area contributed by atoms with Gasteiger partial charge < -0.3 is 35.4 Å². The molecule has 0 heterocycles. The van der Waals surface area contributed by atoms with Crippen LogP contribution in [0.1, 0.15) is 77.6 Å². The third-order valence-electron chi connectivity index (χ3n) is 4.88. The number of hydrogen-bond acceptors (Lipinski definition) is 8. The molecule has 0 saturated carbocycles. The Balaban J connectivity index is 0. The van der Waals surface area contributed by atoms with Gasteiger partial charge in [0.05, 0.1) is 6.61 Å². The van der Waals surface area contributed by atoms with Crippen molar-refractivity contribution in [3.8, 4) is 0 Å². The second-order valence-electron chi connectivity index (χ2n) is 7.16. The number of rotatable bonds is 17. The molecule has 5 N–H and O–H groups in total. The fourth-order valence-corrected chi connectivity index (χ4v) is 3.06. The molecule has 160 valence electrons. The molecule has 0 aliphatic heterocycles. The summed E-state index contributed by atoms with van der Waals surface area (Å²) in [5.41, 5.74) is -2.78. The minimum atomic E-state index is -2.78. The predicted octanol–water partition coefficient (Wildman–Crippen LogP) is -3.57. The second kappa shape index (κ2) is 16.7. The van der Waals surface area contributed by atoms with Crippen LogP contribution in [0.15, 0.2) is 0 Å². The van der Waals surface area contributed by atoms with Gasteiger partial charge in [-0.25, -0.2) is 0 Å². The Morgan fingerprint density at radius 1 is 0.893 bits per heavy atom. The maximum absolute atomic E-state index is 11.8. The number of carbonyl (C=O) groups excluding carboxylic acids is 2. The van der Waals surface area contributed by atoms with Crippen LogP contribution in [0, 0.1) is 0 Å². The summed E-state index contributed by atoms with van der Waals surface area (Å²) in [6.45, 7) is 1.23. The van der Waals surface area contributed by atoms with Crippen molar-refractivity contribution >= 4 is 11.8 Å². The topological polar surface area (TPSA) is 158 Å². The zero-order chi connectivity index (χ0) is 20.9. The average molecular weight is 414 g/mol. The van der Waals surface area contributed by atoms with Crippen molar-refractivity contribution in [2.45, 2.75) is 101 Å². The quantitative estimate of drug-likeness (QED) is 0.0929. The van der Waals surface area contributed by atoms with Gasteiger partial charge in [0.15, 0.2) is 5.60 Å². The number of carboxylic acid groups (broad SMARTS) is 1. The fourth-order valence-electron chi connectivity index (χ4n) is 3.06. The molecule has 0 amide bonds. The maximum atomic E-state index is 11.8. The summed E-state index contributed by atoms with van der Waals surface area (Å²) in [6, 6.07) is 0. The van der Waals surface area contributed by atoms with E-state index < -0.39 is 48.7 Å². The van der Waals surface area contributed by atoms with Gasteiger partial charge in [0.2, 0.25) is 5.78 Å². The van der Waals surface area contributed by atoms with E-state index in [4.69, 9.17) is 5.11 Å². The number of aliphatic carboxylic acids is 1. The first-order valence-corrected chi connectivity index (χ1v) is 9.85. The van der Waals surface area contributed by atoms with Crippen LogP contribution in [0.5, 0.6) is 0 Å². The van der Waals surface area contributed by atoms with E-state index >= 15 is 0 Å². The molecular weight excluding hydrogens is 379 g/mol. The molecule has 9 heteroatoms. The van der Waals surface area contributed by atoms with Gasteiger partial charge in [0.25, 0.3) is 0 Å². The second-order valence-corrected chi connectivity index (χ2v) is 7.16. The van der Waals surface area contributed by atoms with Gasteiger partial charge >= 0.3 is 29.6 Å². The minimum absolute atomic E-state index is 0. The van der Waals surface area contributed by atoms with E-state index in [1.165, 1.54) is 25.7 Å². The van der Waals surface area contributed by atoms with E-state index in [9.17, 15) is 35.1 Å². The first kappa shape index (κ1) is 30.1. The van der Waals surface area contributed by atoms with Crippen molar-refractivity contribution in [1.82, 2.24) is 0 Å². The predicted molar refractivity (Wildman–Crippen MR) is 96.5 cm³/mol. The molecule has 0 aliphatic rings. The Morgan fingerprint density at radius 2 is 1.32 bits per heavy atom. The van der Waals surface area contributed by atoms with Gasteiger partial charge in [0.1, 0.15) is 24.3 Å². The molecule has 0 aromatic carbocycles. The standard InChI is InChI=1S/C19H36O8.Na/c1-2-3-4-5-6-7-8-9-10-11-12-19(27,17(24)18(25)26)16(23)15(22)14(21)13-20;/h14-16,20-23,27H,2-13H2,1H3,(H,25,26);/q;+1/p-1/t14-,15-,16+,19-;/m1./s1. The van der Waals surface area contributed by atoms with Gasteiger partial charge in [-0.15, -0.1) is 0 Å². The first-order chi connectivity index (χ1) is 12.7. The molecule has 0 fully saturated rings. The summed E-state index contributed by atoms with van der Waals surface area (Å²) < 4.78 is 0. The molecule has 4 atom stereocenters. The monoisotopic (exact) mass is 414 g/mol. The van der Waals surface area contributed by atoms with Crippen LogP contribution in [-0.4, -0.2) is 67.8 Å². The molecule has 0 aromatic heterocycles. The van der Waals surface area contributed by atoms with Gasteiger partial charge in [0, 0.05) is 0 Å². The van der Waals surface area contributed by atoms with Gasteiger partial charge in [-0.1, -0.05) is 71.1 Å². The van der Waals surface area contributed by atoms with Crippen LogP contribution in [0.3, 0.4) is 0 Å². The van der Waals surface area contributed by atoms with E-state index in [0.717, 1.165) is 25.7 Å². The minimum Gasteiger partial charge on any atom is -0.542 e. The van der Waals surface area contributed by atoms with E-state index in [0.29, 0.717) is 6.42 Å². The van der Waals surface area contributed by atoms with Crippen LogP contribution in [0.4, 0.5) is 0 Å². The summed E-state index contributed by atoms with van der Waals surface area (Å²) in [7, 11) is 0. The van der Waals surface area contributed by atoms with Gasteiger partial charge in [-0.05, 0) is 6.42 Å². The summed E-state index contributed by atoms with van der Waals surface area (Å²) in [4.78, 5) is 22.7. The van der Waals surface area contributed by atoms with Crippen LogP contribution >= 0.6 is 0 Å². The number of hydrogen-bond donors (Lipinski definition) is 5. The molecule has 0 rings (SSSR count). The molecule has 0 aromatic rings. The molecule has 0 saturated heterocycles. The number of Topliss-reactive ketones (excluding diaryl/α,β-unsaturated/α-hetero) is 1. The Hall–Kier alpha value is -0.0600. The number of aliphatic hydroxyl groups excluding tert-OH is 4. The normalized spacial score (nSPS) is 16.5. The number of carboxylic acids is 1. The Morgan fingerprint density at radius 3 is 1.71 bits per heavy atom. The molecular formula is C19H35NaO8. The summed E-state index contributed by atoms with van der Waals surface area (Å²) in [5.74, 6) is -3.94. The number of unbranched alkanes of at least 4 members (excludes halogenated alkanes) is 9. The molecule has 0 bridgehead atoms. The van der Waals surface area contributed by atoms with Crippen LogP contribution in [-0.2, 0) is 9.59 Å². The number of carbonyl (C=O) groups is 2. The van der Waals surface area contributed by atoms with Crippen LogP contribution < -0.4 is 34.7 Å². The van der Waals surface area contributed by atoms with Crippen molar-refractivity contribution in [1.29, 1.82) is 0 Å². The largest absolute Gasteiger partial charge is 1.00 e. The van der Waals surface area contributed by atoms with E-state index in [-0.39, 0.29) is 36.0 Å². The van der Waals surface area contributed by atoms with Crippen LogP contribution in [0.25, 0.3) is 0 Å². The molecule has 8 nitrogen and oxygen atoms in total. The van der Waals surface area contributed by atoms with Crippen molar-refractivity contribution in [3.05, 3.63) is 0 Å². The summed E-state index contributed by atoms with van der Waals surface area (Å²) in [5, 5.41) is 59.2. The first-order valence-electron chi connectivity index (χ1n) is 9.85. The van der Waals surface area contributed by atoms with Crippen molar-refractivity contribution < 1.29 is 69.8 Å². The Bertz CT molecular complexity index is 434. The van der Waals surface area contributed by atoms with Crippen LogP contribution in [0.2, 0.25) is 0 Å². The smallest absolute Gasteiger partial charge is 0.542 e. The third-order valence-corrected chi connectivity index (χ3v) is 4.88. The molecule has 0 radical (unpaired) electrons. The van der Waals surface area contributed by atoms with Crippen molar-refractivity contribution in [2.24, 2.45) is 0 Å². The Kier molecular flexibility index (Phi) is 18.0. The SMILES string of the molecule is CCCCCCCCCCCC[C@](O)(C(=O)C(=O)[O-])[C@@H](O)[C@H](O)[C@H](O)CO.[Na+]. The van der Waals surface area contributed by atoms with Gasteiger partial charge in [-0.2, -0.15) is 0 Å². The third kappa shape index (κ3) is 10.6. The maximum Gasteiger partial charge on any atom is 1.00 e. The fraction of sp³-hybridized carbons (Fsp3) is 0.895. The summed E-state index contributed by atoms with van der Waals surface area (Å²) in [6.07, 6.45) is 3.22. The number of aliphatic hydroxyl groups is 5. The summed E-state index contributed by atoms with van der Waals surface area (Å²) >= 11 is 0. The van der Waals surface area contributed by atoms with E-state index in [2.05, 4.69) is 6.92 Å². The molecule has 0 spiro atoms. The van der Waals surface area contributed by atoms with Crippen molar-refractivity contribution in [3.63, 3.8) is 0 Å². The zero-order valence-corrected chi connectivity index (χ0v) is 19.2. The zero-order valence-electron chi connectivity index (χ0n) is 17.2. The van der Waals surface area contributed by atoms with E-state index in [1.807, 2.05) is 0 Å². The molecule has 0 unspecified atom stereocenters. The van der Waals surface area contributed by atoms with Gasteiger partial charge in [-0.3, -0.25) is 4.79 Å². The Labute approximate surface area is 189 Å². The van der Waals surface area contributed by atoms with Crippen molar-refractivity contribution in [2.75, 3.05) is 6.61 Å². The average Bonchev–Trinajstić information content (AvgIpc) is 2.66. The molecule has 28 heavy (non-hydrogen) atoms. The van der Waals surface area contributed by atoms with E-state index in [1.54, 1.807) is 0 Å².